The lowest BCUT2D eigenvalue weighted by molar-refractivity contribution is -0.122. The minimum Gasteiger partial charge on any atom is -0.396 e. The largest absolute Gasteiger partial charge is 0.396 e. The normalized spacial score (nSPS) is 10.2. The molecule has 0 atom stereocenters. The van der Waals surface area contributed by atoms with E-state index in [1.165, 1.54) is 0 Å². The molecule has 0 aromatic carbocycles. The van der Waals surface area contributed by atoms with E-state index in [0.29, 0.717) is 6.54 Å². The van der Waals surface area contributed by atoms with Gasteiger partial charge in [-0.25, -0.2) is 0 Å². The van der Waals surface area contributed by atoms with E-state index in [-0.39, 0.29) is 31.5 Å². The molecule has 0 saturated heterocycles. The Labute approximate surface area is 66.2 Å². The van der Waals surface area contributed by atoms with Crippen molar-refractivity contribution in [2.75, 3.05) is 19.8 Å². The minimum atomic E-state index is -0.318. The number of hydrogen-bond donors (Lipinski definition) is 3. The summed E-state index contributed by atoms with van der Waals surface area (Å²) in [5, 5.41) is 19.8. The van der Waals surface area contributed by atoms with Crippen molar-refractivity contribution in [1.29, 1.82) is 0 Å². The quantitative estimate of drug-likeness (QED) is 0.490. The molecule has 0 aliphatic carbocycles. The van der Waals surface area contributed by atoms with E-state index in [1.54, 1.807) is 0 Å². The summed E-state index contributed by atoms with van der Waals surface area (Å²) >= 11 is 0. The number of rotatable bonds is 5. The summed E-state index contributed by atoms with van der Waals surface area (Å²) in [6.07, 6.45) is 0.195. The Hall–Kier alpha value is -0.610. The zero-order valence-electron chi connectivity index (χ0n) is 6.71. The number of aliphatic hydroxyl groups is 2. The van der Waals surface area contributed by atoms with Gasteiger partial charge in [-0.2, -0.15) is 0 Å². The smallest absolute Gasteiger partial charge is 0.220 e. The molecule has 0 unspecified atom stereocenters. The van der Waals surface area contributed by atoms with Crippen LogP contribution in [0.4, 0.5) is 0 Å². The van der Waals surface area contributed by atoms with E-state index in [4.69, 9.17) is 10.2 Å². The monoisotopic (exact) mass is 161 g/mol. The molecule has 0 radical (unpaired) electrons. The Bertz CT molecular complexity index is 112. The second-order valence-electron chi connectivity index (χ2n) is 2.39. The molecule has 0 aliphatic rings. The van der Waals surface area contributed by atoms with Gasteiger partial charge in [0.15, 0.2) is 0 Å². The van der Waals surface area contributed by atoms with Gasteiger partial charge in [-0.15, -0.1) is 0 Å². The third kappa shape index (κ3) is 4.75. The first-order valence-electron chi connectivity index (χ1n) is 3.73. The van der Waals surface area contributed by atoms with Crippen LogP contribution in [0.3, 0.4) is 0 Å². The Morgan fingerprint density at radius 2 is 2.00 bits per heavy atom. The average molecular weight is 161 g/mol. The molecular formula is C7H15NO3. The third-order valence-corrected chi connectivity index (χ3v) is 1.36. The predicted octanol–water partition coefficient (Wildman–Crippen LogP) is -0.887. The second kappa shape index (κ2) is 6.12. The Morgan fingerprint density at radius 3 is 2.36 bits per heavy atom. The molecule has 0 aromatic rings. The topological polar surface area (TPSA) is 69.6 Å². The first kappa shape index (κ1) is 10.4. The van der Waals surface area contributed by atoms with Crippen molar-refractivity contribution in [2.24, 2.45) is 5.92 Å². The van der Waals surface area contributed by atoms with Crippen LogP contribution in [0.25, 0.3) is 0 Å². The summed E-state index contributed by atoms with van der Waals surface area (Å²) in [5.74, 6) is -0.442. The molecule has 0 spiro atoms. The van der Waals surface area contributed by atoms with Crippen molar-refractivity contribution in [2.45, 2.75) is 13.3 Å². The van der Waals surface area contributed by atoms with Gasteiger partial charge in [-0.3, -0.25) is 4.79 Å². The summed E-state index contributed by atoms with van der Waals surface area (Å²) in [5.41, 5.74) is 0. The molecule has 0 fully saturated rings. The number of hydrogen-bond acceptors (Lipinski definition) is 3. The Kier molecular flexibility index (Phi) is 5.78. The van der Waals surface area contributed by atoms with Crippen LogP contribution in [0.5, 0.6) is 0 Å². The summed E-state index contributed by atoms with van der Waals surface area (Å²) in [4.78, 5) is 10.8. The third-order valence-electron chi connectivity index (χ3n) is 1.36. The van der Waals surface area contributed by atoms with Gasteiger partial charge in [0, 0.05) is 32.1 Å². The highest BCUT2D eigenvalue weighted by molar-refractivity contribution is 5.76. The molecule has 0 bridgehead atoms. The van der Waals surface area contributed by atoms with Crippen LogP contribution in [-0.4, -0.2) is 35.9 Å². The van der Waals surface area contributed by atoms with Gasteiger partial charge >= 0.3 is 0 Å². The SMILES string of the molecule is CCNC(=O)CC(CO)CO. The predicted molar refractivity (Wildman–Crippen MR) is 41.0 cm³/mol. The van der Waals surface area contributed by atoms with Crippen LogP contribution in [0, 0.1) is 5.92 Å². The highest BCUT2D eigenvalue weighted by atomic mass is 16.3. The van der Waals surface area contributed by atoms with Crippen LogP contribution in [0.15, 0.2) is 0 Å². The summed E-state index contributed by atoms with van der Waals surface area (Å²) in [6.45, 7) is 2.12. The summed E-state index contributed by atoms with van der Waals surface area (Å²) in [7, 11) is 0. The number of carbonyl (C=O) groups excluding carboxylic acids is 1. The van der Waals surface area contributed by atoms with E-state index in [2.05, 4.69) is 5.32 Å². The Morgan fingerprint density at radius 1 is 1.45 bits per heavy atom. The molecule has 0 heterocycles. The van der Waals surface area contributed by atoms with E-state index in [0.717, 1.165) is 0 Å². The molecule has 0 aliphatic heterocycles. The van der Waals surface area contributed by atoms with Gasteiger partial charge in [0.05, 0.1) is 0 Å². The van der Waals surface area contributed by atoms with E-state index in [9.17, 15) is 4.79 Å². The van der Waals surface area contributed by atoms with Crippen molar-refractivity contribution >= 4 is 5.91 Å². The van der Waals surface area contributed by atoms with Crippen LogP contribution < -0.4 is 5.32 Å². The summed E-state index contributed by atoms with van der Waals surface area (Å²) in [6, 6.07) is 0. The molecule has 66 valence electrons. The molecule has 0 saturated carbocycles. The van der Waals surface area contributed by atoms with Crippen molar-refractivity contribution in [3.63, 3.8) is 0 Å². The van der Waals surface area contributed by atoms with Crippen LogP contribution in [-0.2, 0) is 4.79 Å². The molecule has 4 nitrogen and oxygen atoms in total. The van der Waals surface area contributed by atoms with Crippen molar-refractivity contribution in [3.8, 4) is 0 Å². The highest BCUT2D eigenvalue weighted by Crippen LogP contribution is 1.99. The molecular weight excluding hydrogens is 146 g/mol. The molecule has 0 aromatic heterocycles. The molecule has 3 N–H and O–H groups in total. The first-order chi connectivity index (χ1) is 5.24. The second-order valence-corrected chi connectivity index (χ2v) is 2.39. The minimum absolute atomic E-state index is 0.124. The molecule has 1 amide bonds. The van der Waals surface area contributed by atoms with Crippen LogP contribution in [0.2, 0.25) is 0 Å². The van der Waals surface area contributed by atoms with Crippen LogP contribution >= 0.6 is 0 Å². The van der Waals surface area contributed by atoms with Crippen molar-refractivity contribution in [3.05, 3.63) is 0 Å². The maximum atomic E-state index is 10.8. The van der Waals surface area contributed by atoms with Gasteiger partial charge in [-0.1, -0.05) is 0 Å². The lowest BCUT2D eigenvalue weighted by Gasteiger charge is -2.09. The van der Waals surface area contributed by atoms with Crippen LogP contribution in [0.1, 0.15) is 13.3 Å². The van der Waals surface area contributed by atoms with Gasteiger partial charge < -0.3 is 15.5 Å². The number of nitrogens with one attached hydrogen (secondary N) is 1. The fourth-order valence-electron chi connectivity index (χ4n) is 0.718. The summed E-state index contributed by atoms with van der Waals surface area (Å²) < 4.78 is 0. The zero-order valence-corrected chi connectivity index (χ0v) is 6.71. The van der Waals surface area contributed by atoms with Crippen molar-refractivity contribution < 1.29 is 15.0 Å². The number of carbonyl (C=O) groups is 1. The molecule has 4 heteroatoms. The Balaban J connectivity index is 3.54. The zero-order chi connectivity index (χ0) is 8.69. The maximum Gasteiger partial charge on any atom is 0.220 e. The average Bonchev–Trinajstić information content (AvgIpc) is 2.01. The van der Waals surface area contributed by atoms with Crippen molar-refractivity contribution in [1.82, 2.24) is 5.32 Å². The fraction of sp³-hybridized carbons (Fsp3) is 0.857. The first-order valence-corrected chi connectivity index (χ1v) is 3.73. The number of amides is 1. The van der Waals surface area contributed by atoms with E-state index >= 15 is 0 Å². The molecule has 11 heavy (non-hydrogen) atoms. The number of aliphatic hydroxyl groups excluding tert-OH is 2. The van der Waals surface area contributed by atoms with Gasteiger partial charge in [0.2, 0.25) is 5.91 Å². The van der Waals surface area contributed by atoms with Gasteiger partial charge in [-0.05, 0) is 6.92 Å². The van der Waals surface area contributed by atoms with Gasteiger partial charge in [0.25, 0.3) is 0 Å². The molecule has 0 rings (SSSR count). The lowest BCUT2D eigenvalue weighted by atomic mass is 10.1. The van der Waals surface area contributed by atoms with Gasteiger partial charge in [0.1, 0.15) is 0 Å². The van der Waals surface area contributed by atoms with E-state index < -0.39 is 0 Å². The standard InChI is InChI=1S/C7H15NO3/c1-2-8-7(11)3-6(4-9)5-10/h6,9-10H,2-5H2,1H3,(H,8,11). The fourth-order valence-corrected chi connectivity index (χ4v) is 0.718. The highest BCUT2D eigenvalue weighted by Gasteiger charge is 2.10. The van der Waals surface area contributed by atoms with E-state index in [1.807, 2.05) is 6.92 Å². The maximum absolute atomic E-state index is 10.8. The lowest BCUT2D eigenvalue weighted by Crippen LogP contribution is -2.27.